The molecule has 17 heavy (non-hydrogen) atoms. The van der Waals surface area contributed by atoms with E-state index in [1.807, 2.05) is 19.2 Å². The van der Waals surface area contributed by atoms with Crippen LogP contribution in [0.5, 0.6) is 17.2 Å². The highest BCUT2D eigenvalue weighted by Gasteiger charge is 2.17. The molecular formula is C12H14ClNO3. The van der Waals surface area contributed by atoms with Gasteiger partial charge < -0.3 is 19.5 Å². The van der Waals surface area contributed by atoms with E-state index in [1.165, 1.54) is 0 Å². The van der Waals surface area contributed by atoms with E-state index in [0.717, 1.165) is 17.1 Å². The zero-order chi connectivity index (χ0) is 12.3. The molecule has 0 saturated carbocycles. The minimum Gasteiger partial charge on any atom is -0.488 e. The molecule has 1 aliphatic heterocycles. The lowest BCUT2D eigenvalue weighted by molar-refractivity contribution is 0.174. The number of fused-ring (bicyclic) bond motifs is 1. The van der Waals surface area contributed by atoms with Gasteiger partial charge in [-0.05, 0) is 13.1 Å². The average molecular weight is 256 g/mol. The van der Waals surface area contributed by atoms with Crippen molar-refractivity contribution in [3.8, 4) is 17.2 Å². The molecule has 0 spiro atoms. The number of nitrogens with one attached hydrogen (secondary N) is 1. The lowest BCUT2D eigenvalue weighted by atomic mass is 10.1. The van der Waals surface area contributed by atoms with Gasteiger partial charge in [0.25, 0.3) is 0 Å². The first kappa shape index (κ1) is 12.1. The van der Waals surface area contributed by atoms with Gasteiger partial charge in [-0.15, -0.1) is 0 Å². The summed E-state index contributed by atoms with van der Waals surface area (Å²) in [5.41, 5.74) is 0.995. The van der Waals surface area contributed by atoms with Gasteiger partial charge in [0.1, 0.15) is 12.4 Å². The Bertz CT molecular complexity index is 434. The van der Waals surface area contributed by atoms with Crippen molar-refractivity contribution in [2.24, 2.45) is 0 Å². The summed E-state index contributed by atoms with van der Waals surface area (Å²) in [6.45, 7) is 4.79. The number of rotatable bonds is 5. The van der Waals surface area contributed by atoms with Crippen LogP contribution in [0.3, 0.4) is 0 Å². The van der Waals surface area contributed by atoms with Crippen molar-refractivity contribution in [3.05, 3.63) is 29.3 Å². The first-order valence-electron chi connectivity index (χ1n) is 5.24. The third kappa shape index (κ3) is 2.84. The van der Waals surface area contributed by atoms with Gasteiger partial charge in [-0.1, -0.05) is 18.2 Å². The van der Waals surface area contributed by atoms with Crippen LogP contribution in [-0.2, 0) is 6.54 Å². The van der Waals surface area contributed by atoms with Gasteiger partial charge in [0.05, 0.1) is 0 Å². The molecule has 0 aliphatic carbocycles. The van der Waals surface area contributed by atoms with E-state index in [9.17, 15) is 0 Å². The summed E-state index contributed by atoms with van der Waals surface area (Å²) >= 11 is 5.68. The maximum absolute atomic E-state index is 5.68. The second-order valence-electron chi connectivity index (χ2n) is 3.65. The van der Waals surface area contributed by atoms with E-state index >= 15 is 0 Å². The molecule has 1 aromatic carbocycles. The van der Waals surface area contributed by atoms with Gasteiger partial charge in [-0.25, -0.2) is 0 Å². The molecule has 1 aliphatic rings. The molecule has 1 heterocycles. The van der Waals surface area contributed by atoms with Crippen molar-refractivity contribution in [2.75, 3.05) is 20.4 Å². The first-order chi connectivity index (χ1) is 8.20. The largest absolute Gasteiger partial charge is 0.488 e. The van der Waals surface area contributed by atoms with Gasteiger partial charge in [0.2, 0.25) is 6.79 Å². The Balaban J connectivity index is 2.24. The van der Waals surface area contributed by atoms with Crippen LogP contribution in [0.2, 0.25) is 0 Å². The van der Waals surface area contributed by atoms with Crippen LogP contribution in [0.4, 0.5) is 0 Å². The molecule has 0 fully saturated rings. The second-order valence-corrected chi connectivity index (χ2v) is 4.18. The number of benzene rings is 1. The third-order valence-corrected chi connectivity index (χ3v) is 2.42. The highest BCUT2D eigenvalue weighted by Crippen LogP contribution is 2.38. The summed E-state index contributed by atoms with van der Waals surface area (Å²) < 4.78 is 16.2. The molecule has 1 aromatic rings. The molecule has 0 saturated heterocycles. The van der Waals surface area contributed by atoms with E-state index in [1.54, 1.807) is 0 Å². The number of hydrogen-bond donors (Lipinski definition) is 1. The smallest absolute Gasteiger partial charge is 0.231 e. The zero-order valence-electron chi connectivity index (χ0n) is 9.59. The Labute approximate surface area is 105 Å². The number of halogens is 1. The van der Waals surface area contributed by atoms with Crippen molar-refractivity contribution in [2.45, 2.75) is 6.54 Å². The fraction of sp³-hybridized carbons (Fsp3) is 0.333. The summed E-state index contributed by atoms with van der Waals surface area (Å²) in [6.07, 6.45) is 0. The zero-order valence-corrected chi connectivity index (χ0v) is 10.3. The molecule has 1 N–H and O–H groups in total. The summed E-state index contributed by atoms with van der Waals surface area (Å²) in [4.78, 5) is 0. The monoisotopic (exact) mass is 255 g/mol. The maximum atomic E-state index is 5.68. The summed E-state index contributed by atoms with van der Waals surface area (Å²) in [5, 5.41) is 3.53. The normalized spacial score (nSPS) is 12.6. The Hall–Kier alpha value is -1.39. The van der Waals surface area contributed by atoms with Crippen molar-refractivity contribution >= 4 is 11.6 Å². The van der Waals surface area contributed by atoms with Crippen molar-refractivity contribution in [1.29, 1.82) is 0 Å². The molecule has 0 unspecified atom stereocenters. The van der Waals surface area contributed by atoms with Gasteiger partial charge in [-0.2, -0.15) is 0 Å². The Morgan fingerprint density at radius 2 is 2.18 bits per heavy atom. The highest BCUT2D eigenvalue weighted by molar-refractivity contribution is 6.29. The molecule has 0 radical (unpaired) electrons. The van der Waals surface area contributed by atoms with Gasteiger partial charge in [-0.3, -0.25) is 0 Å². The lowest BCUT2D eigenvalue weighted by Gasteiger charge is -2.11. The number of hydrogen-bond acceptors (Lipinski definition) is 4. The van der Waals surface area contributed by atoms with E-state index in [2.05, 4.69) is 11.9 Å². The van der Waals surface area contributed by atoms with Crippen LogP contribution in [0.1, 0.15) is 5.56 Å². The Morgan fingerprint density at radius 3 is 2.82 bits per heavy atom. The predicted molar refractivity (Wildman–Crippen MR) is 65.8 cm³/mol. The van der Waals surface area contributed by atoms with Crippen LogP contribution in [-0.4, -0.2) is 20.4 Å². The van der Waals surface area contributed by atoms with Gasteiger partial charge in [0, 0.05) is 23.2 Å². The van der Waals surface area contributed by atoms with Crippen LogP contribution in [0.15, 0.2) is 23.7 Å². The first-order valence-corrected chi connectivity index (χ1v) is 5.61. The second kappa shape index (κ2) is 5.29. The molecule has 5 heteroatoms. The minimum absolute atomic E-state index is 0.250. The Morgan fingerprint density at radius 1 is 1.47 bits per heavy atom. The van der Waals surface area contributed by atoms with Crippen LogP contribution in [0, 0.1) is 0 Å². The van der Waals surface area contributed by atoms with E-state index in [0.29, 0.717) is 17.3 Å². The predicted octanol–water partition coefficient (Wildman–Crippen LogP) is 2.27. The third-order valence-electron chi connectivity index (χ3n) is 2.31. The van der Waals surface area contributed by atoms with E-state index in [-0.39, 0.29) is 13.4 Å². The van der Waals surface area contributed by atoms with E-state index < -0.39 is 0 Å². The van der Waals surface area contributed by atoms with Gasteiger partial charge in [0.15, 0.2) is 11.5 Å². The fourth-order valence-electron chi connectivity index (χ4n) is 1.58. The van der Waals surface area contributed by atoms with Gasteiger partial charge >= 0.3 is 0 Å². The fourth-order valence-corrected chi connectivity index (χ4v) is 1.64. The van der Waals surface area contributed by atoms with Crippen molar-refractivity contribution in [3.63, 3.8) is 0 Å². The van der Waals surface area contributed by atoms with Crippen molar-refractivity contribution < 1.29 is 14.2 Å². The maximum Gasteiger partial charge on any atom is 0.231 e. The van der Waals surface area contributed by atoms with Crippen LogP contribution >= 0.6 is 11.6 Å². The molecule has 2 rings (SSSR count). The lowest BCUT2D eigenvalue weighted by Crippen LogP contribution is -2.08. The highest BCUT2D eigenvalue weighted by atomic mass is 35.5. The van der Waals surface area contributed by atoms with Crippen LogP contribution in [0.25, 0.3) is 0 Å². The van der Waals surface area contributed by atoms with Crippen LogP contribution < -0.4 is 19.5 Å². The molecular weight excluding hydrogens is 242 g/mol. The number of ether oxygens (including phenoxy) is 3. The standard InChI is InChI=1S/C12H14ClNO3/c1-8(13)6-15-10-4-12-11(16-7-17-12)3-9(10)5-14-2/h3-4,14H,1,5-7H2,2H3. The minimum atomic E-state index is 0.250. The van der Waals surface area contributed by atoms with Crippen molar-refractivity contribution in [1.82, 2.24) is 5.32 Å². The molecule has 0 amide bonds. The topological polar surface area (TPSA) is 39.7 Å². The quantitative estimate of drug-likeness (QED) is 0.876. The molecule has 92 valence electrons. The summed E-state index contributed by atoms with van der Waals surface area (Å²) in [5.74, 6) is 2.16. The van der Waals surface area contributed by atoms with E-state index in [4.69, 9.17) is 25.8 Å². The SMILES string of the molecule is C=C(Cl)COc1cc2c(cc1CNC)OCO2. The molecule has 4 nitrogen and oxygen atoms in total. The Kier molecular flexibility index (Phi) is 3.76. The molecule has 0 atom stereocenters. The average Bonchev–Trinajstić information content (AvgIpc) is 2.73. The molecule has 0 bridgehead atoms. The summed E-state index contributed by atoms with van der Waals surface area (Å²) in [6, 6.07) is 3.72. The summed E-state index contributed by atoms with van der Waals surface area (Å²) in [7, 11) is 1.87. The molecule has 0 aromatic heterocycles.